The topological polar surface area (TPSA) is 57.6 Å². The highest BCUT2D eigenvalue weighted by Gasteiger charge is 2.59. The van der Waals surface area contributed by atoms with Crippen molar-refractivity contribution < 1.29 is 14.7 Å². The molecule has 2 aliphatic carbocycles. The molecule has 0 aromatic heterocycles. The van der Waals surface area contributed by atoms with E-state index in [0.717, 1.165) is 6.42 Å². The van der Waals surface area contributed by atoms with Crippen molar-refractivity contribution in [2.45, 2.75) is 6.42 Å². The Hall–Kier alpha value is -2.10. The Balaban J connectivity index is 1.79. The summed E-state index contributed by atoms with van der Waals surface area (Å²) in [5.41, 5.74) is 0.311. The largest absolute Gasteiger partial charge is 0.506 e. The van der Waals surface area contributed by atoms with Gasteiger partial charge in [-0.3, -0.25) is 9.59 Å². The SMILES string of the molecule is O=C1[C@@H]2[C@H](C(=O)N1c1ccccc1O)[C@H]1C=C[C@@H]2C1. The van der Waals surface area contributed by atoms with Crippen molar-refractivity contribution in [3.8, 4) is 5.75 Å². The molecule has 4 heteroatoms. The molecule has 4 atom stereocenters. The van der Waals surface area contributed by atoms with E-state index in [1.54, 1.807) is 18.2 Å². The quantitative estimate of drug-likeness (QED) is 0.614. The van der Waals surface area contributed by atoms with Crippen molar-refractivity contribution in [2.75, 3.05) is 4.90 Å². The number of fused-ring (bicyclic) bond motifs is 5. The Morgan fingerprint density at radius 3 is 2.16 bits per heavy atom. The molecule has 2 bridgehead atoms. The highest BCUT2D eigenvalue weighted by atomic mass is 16.3. The number of anilines is 1. The number of amides is 2. The van der Waals surface area contributed by atoms with E-state index >= 15 is 0 Å². The Labute approximate surface area is 110 Å². The van der Waals surface area contributed by atoms with E-state index in [4.69, 9.17) is 0 Å². The molecule has 2 amide bonds. The van der Waals surface area contributed by atoms with Crippen LogP contribution in [0.5, 0.6) is 5.75 Å². The van der Waals surface area contributed by atoms with E-state index in [0.29, 0.717) is 5.69 Å². The summed E-state index contributed by atoms with van der Waals surface area (Å²) in [4.78, 5) is 26.2. The van der Waals surface area contributed by atoms with E-state index in [9.17, 15) is 14.7 Å². The zero-order chi connectivity index (χ0) is 13.1. The van der Waals surface area contributed by atoms with E-state index in [-0.39, 0.29) is 41.2 Å². The maximum atomic E-state index is 12.5. The monoisotopic (exact) mass is 255 g/mol. The molecule has 19 heavy (non-hydrogen) atoms. The molecule has 0 spiro atoms. The third kappa shape index (κ3) is 1.23. The predicted octanol–water partition coefficient (Wildman–Crippen LogP) is 1.70. The number of carbonyl (C=O) groups excluding carboxylic acids is 2. The zero-order valence-corrected chi connectivity index (χ0v) is 10.2. The first-order chi connectivity index (χ1) is 9.18. The highest BCUT2D eigenvalue weighted by molar-refractivity contribution is 6.23. The Morgan fingerprint density at radius 1 is 1.00 bits per heavy atom. The van der Waals surface area contributed by atoms with Crippen molar-refractivity contribution in [1.29, 1.82) is 0 Å². The van der Waals surface area contributed by atoms with Crippen LogP contribution >= 0.6 is 0 Å². The van der Waals surface area contributed by atoms with Crippen LogP contribution in [0.15, 0.2) is 36.4 Å². The van der Waals surface area contributed by atoms with E-state index in [1.165, 1.54) is 11.0 Å². The van der Waals surface area contributed by atoms with Crippen molar-refractivity contribution >= 4 is 17.5 Å². The summed E-state index contributed by atoms with van der Waals surface area (Å²) in [6.07, 6.45) is 5.04. The molecular formula is C15H13NO3. The normalized spacial score (nSPS) is 35.3. The van der Waals surface area contributed by atoms with Gasteiger partial charge in [0.1, 0.15) is 5.75 Å². The minimum absolute atomic E-state index is 0.0236. The number of phenols is 1. The van der Waals surface area contributed by atoms with Crippen LogP contribution in [0.1, 0.15) is 6.42 Å². The van der Waals surface area contributed by atoms with Gasteiger partial charge < -0.3 is 5.11 Å². The molecule has 1 heterocycles. The average molecular weight is 255 g/mol. The number of imide groups is 1. The van der Waals surface area contributed by atoms with Crippen molar-refractivity contribution in [3.05, 3.63) is 36.4 Å². The van der Waals surface area contributed by atoms with Crippen LogP contribution in [0.4, 0.5) is 5.69 Å². The number of aromatic hydroxyl groups is 1. The first-order valence-corrected chi connectivity index (χ1v) is 6.52. The predicted molar refractivity (Wildman–Crippen MR) is 68.3 cm³/mol. The lowest BCUT2D eigenvalue weighted by Gasteiger charge is -2.18. The summed E-state index contributed by atoms with van der Waals surface area (Å²) in [7, 11) is 0. The molecule has 1 aliphatic heterocycles. The van der Waals surface area contributed by atoms with Crippen LogP contribution in [0.25, 0.3) is 0 Å². The van der Waals surface area contributed by atoms with Gasteiger partial charge in [-0.2, -0.15) is 0 Å². The van der Waals surface area contributed by atoms with Gasteiger partial charge in [0, 0.05) is 0 Å². The van der Waals surface area contributed by atoms with Gasteiger partial charge in [-0.05, 0) is 30.4 Å². The number of para-hydroxylation sites is 2. The standard InChI is InChI=1S/C15H13NO3/c17-11-4-2-1-3-10(11)16-14(18)12-8-5-6-9(7-8)13(12)15(16)19/h1-6,8-9,12-13,17H,7H2/t8-,9+,12+,13-. The number of allylic oxidation sites excluding steroid dienone is 2. The summed E-state index contributed by atoms with van der Waals surface area (Å²) >= 11 is 0. The fourth-order valence-corrected chi connectivity index (χ4v) is 3.79. The molecule has 1 aromatic carbocycles. The molecule has 1 saturated heterocycles. The summed E-state index contributed by atoms with van der Waals surface area (Å²) in [6, 6.07) is 6.50. The van der Waals surface area contributed by atoms with Crippen LogP contribution in [0.2, 0.25) is 0 Å². The number of phenolic OH excluding ortho intramolecular Hbond substituents is 1. The van der Waals surface area contributed by atoms with Crippen molar-refractivity contribution in [1.82, 2.24) is 0 Å². The summed E-state index contributed by atoms with van der Waals surface area (Å²) in [5, 5.41) is 9.86. The fraction of sp³-hybridized carbons (Fsp3) is 0.333. The van der Waals surface area contributed by atoms with Gasteiger partial charge in [-0.15, -0.1) is 0 Å². The van der Waals surface area contributed by atoms with E-state index in [1.807, 2.05) is 0 Å². The van der Waals surface area contributed by atoms with Gasteiger partial charge in [-0.25, -0.2) is 4.90 Å². The lowest BCUT2D eigenvalue weighted by atomic mass is 9.85. The third-order valence-electron chi connectivity index (χ3n) is 4.59. The first kappa shape index (κ1) is 10.8. The average Bonchev–Trinajstić information content (AvgIpc) is 3.06. The molecule has 3 aliphatic rings. The molecule has 1 N–H and O–H groups in total. The van der Waals surface area contributed by atoms with Crippen LogP contribution in [0, 0.1) is 23.7 Å². The maximum absolute atomic E-state index is 12.5. The number of benzene rings is 1. The Kier molecular flexibility index (Phi) is 1.97. The molecule has 0 unspecified atom stereocenters. The van der Waals surface area contributed by atoms with Gasteiger partial charge in [0.05, 0.1) is 17.5 Å². The molecule has 2 fully saturated rings. The highest BCUT2D eigenvalue weighted by Crippen LogP contribution is 2.53. The summed E-state index contributed by atoms with van der Waals surface area (Å²) in [6.45, 7) is 0. The van der Waals surface area contributed by atoms with Crippen LogP contribution in [0.3, 0.4) is 0 Å². The molecule has 1 saturated carbocycles. The molecular weight excluding hydrogens is 242 g/mol. The lowest BCUT2D eigenvalue weighted by Crippen LogP contribution is -2.32. The van der Waals surface area contributed by atoms with Gasteiger partial charge in [0.25, 0.3) is 0 Å². The number of hydrogen-bond donors (Lipinski definition) is 1. The summed E-state index contributed by atoms with van der Waals surface area (Å²) in [5.74, 6) is -0.389. The van der Waals surface area contributed by atoms with Gasteiger partial charge in [0.2, 0.25) is 11.8 Å². The van der Waals surface area contributed by atoms with Crippen LogP contribution in [-0.4, -0.2) is 16.9 Å². The molecule has 96 valence electrons. The van der Waals surface area contributed by atoms with Gasteiger partial charge in [0.15, 0.2) is 0 Å². The lowest BCUT2D eigenvalue weighted by molar-refractivity contribution is -0.123. The smallest absolute Gasteiger partial charge is 0.238 e. The number of rotatable bonds is 1. The number of nitrogens with zero attached hydrogens (tertiary/aromatic N) is 1. The Morgan fingerprint density at radius 2 is 1.58 bits per heavy atom. The van der Waals surface area contributed by atoms with E-state index in [2.05, 4.69) is 12.2 Å². The molecule has 4 rings (SSSR count). The van der Waals surface area contributed by atoms with Gasteiger partial charge >= 0.3 is 0 Å². The first-order valence-electron chi connectivity index (χ1n) is 6.52. The molecule has 0 radical (unpaired) electrons. The summed E-state index contributed by atoms with van der Waals surface area (Å²) < 4.78 is 0. The minimum atomic E-state index is -0.220. The second-order valence-electron chi connectivity index (χ2n) is 5.50. The van der Waals surface area contributed by atoms with Gasteiger partial charge in [-0.1, -0.05) is 24.3 Å². The molecule has 1 aromatic rings. The zero-order valence-electron chi connectivity index (χ0n) is 10.2. The second-order valence-corrected chi connectivity index (χ2v) is 5.50. The third-order valence-corrected chi connectivity index (χ3v) is 4.59. The van der Waals surface area contributed by atoms with Crippen molar-refractivity contribution in [3.63, 3.8) is 0 Å². The Bertz CT molecular complexity index is 592. The van der Waals surface area contributed by atoms with Crippen LogP contribution in [-0.2, 0) is 9.59 Å². The number of hydrogen-bond acceptors (Lipinski definition) is 3. The van der Waals surface area contributed by atoms with E-state index < -0.39 is 0 Å². The molecule has 4 nitrogen and oxygen atoms in total. The number of carbonyl (C=O) groups is 2. The van der Waals surface area contributed by atoms with Crippen molar-refractivity contribution in [2.24, 2.45) is 23.7 Å². The second kappa shape index (κ2) is 3.47. The van der Waals surface area contributed by atoms with Crippen LogP contribution < -0.4 is 4.90 Å². The maximum Gasteiger partial charge on any atom is 0.238 e. The minimum Gasteiger partial charge on any atom is -0.506 e. The fourth-order valence-electron chi connectivity index (χ4n) is 3.79.